The highest BCUT2D eigenvalue weighted by molar-refractivity contribution is 5.80. The van der Waals surface area contributed by atoms with Gasteiger partial charge in [0.2, 0.25) is 5.91 Å². The fourth-order valence-corrected chi connectivity index (χ4v) is 2.39. The van der Waals surface area contributed by atoms with Crippen LogP contribution in [0.25, 0.3) is 0 Å². The Morgan fingerprint density at radius 3 is 2.86 bits per heavy atom. The summed E-state index contributed by atoms with van der Waals surface area (Å²) in [5.41, 5.74) is 0.487. The largest absolute Gasteiger partial charge is 0.479 e. The molecule has 1 saturated heterocycles. The quantitative estimate of drug-likeness (QED) is 0.909. The van der Waals surface area contributed by atoms with Crippen molar-refractivity contribution in [3.63, 3.8) is 0 Å². The van der Waals surface area contributed by atoms with E-state index in [0.717, 1.165) is 0 Å². The molecule has 0 aromatic heterocycles. The minimum atomic E-state index is -1.07. The van der Waals surface area contributed by atoms with Gasteiger partial charge in [0.05, 0.1) is 13.2 Å². The number of carbonyl (C=O) groups excluding carboxylic acids is 1. The molecule has 0 radical (unpaired) electrons. The van der Waals surface area contributed by atoms with Crippen molar-refractivity contribution < 1.29 is 23.8 Å². The number of benzene rings is 1. The molecule has 1 aromatic carbocycles. The zero-order valence-electron chi connectivity index (χ0n) is 11.8. The Labute approximate surface area is 122 Å². The van der Waals surface area contributed by atoms with Crippen molar-refractivity contribution in [1.29, 1.82) is 0 Å². The first-order valence-corrected chi connectivity index (χ1v) is 6.85. The summed E-state index contributed by atoms with van der Waals surface area (Å²) in [7, 11) is 0. The number of halogens is 1. The molecule has 2 unspecified atom stereocenters. The minimum Gasteiger partial charge on any atom is -0.479 e. The monoisotopic (exact) mass is 295 g/mol. The fraction of sp³-hybridized carbons (Fsp3) is 0.467. The maximum atomic E-state index is 13.6. The number of carboxylic acid groups (broad SMARTS) is 1. The number of carboxylic acids is 1. The van der Waals surface area contributed by atoms with Crippen LogP contribution in [0.5, 0.6) is 0 Å². The molecule has 1 fully saturated rings. The summed E-state index contributed by atoms with van der Waals surface area (Å²) in [6.45, 7) is 2.33. The third-order valence-electron chi connectivity index (χ3n) is 3.56. The van der Waals surface area contributed by atoms with Crippen molar-refractivity contribution in [1.82, 2.24) is 4.90 Å². The molecule has 1 aromatic rings. The molecule has 2 rings (SSSR count). The van der Waals surface area contributed by atoms with Gasteiger partial charge in [0.1, 0.15) is 5.82 Å². The van der Waals surface area contributed by atoms with Gasteiger partial charge in [-0.25, -0.2) is 9.18 Å². The van der Waals surface area contributed by atoms with E-state index >= 15 is 0 Å². The lowest BCUT2D eigenvalue weighted by Crippen LogP contribution is -2.50. The van der Waals surface area contributed by atoms with Crippen LogP contribution in [0.15, 0.2) is 24.3 Å². The maximum absolute atomic E-state index is 13.6. The number of rotatable bonds is 4. The van der Waals surface area contributed by atoms with Crippen LogP contribution >= 0.6 is 0 Å². The van der Waals surface area contributed by atoms with E-state index in [2.05, 4.69) is 0 Å². The van der Waals surface area contributed by atoms with Crippen LogP contribution in [0.1, 0.15) is 12.5 Å². The third kappa shape index (κ3) is 3.78. The van der Waals surface area contributed by atoms with E-state index in [0.29, 0.717) is 18.5 Å². The van der Waals surface area contributed by atoms with Crippen LogP contribution < -0.4 is 0 Å². The first kappa shape index (κ1) is 15.4. The second kappa shape index (κ2) is 6.67. The van der Waals surface area contributed by atoms with E-state index < -0.39 is 18.0 Å². The predicted molar refractivity (Wildman–Crippen MR) is 73.2 cm³/mol. The Balaban J connectivity index is 1.99. The molecule has 0 bridgehead atoms. The van der Waals surface area contributed by atoms with Gasteiger partial charge in [-0.3, -0.25) is 4.79 Å². The molecule has 6 heteroatoms. The van der Waals surface area contributed by atoms with Gasteiger partial charge in [-0.05, 0) is 18.1 Å². The van der Waals surface area contributed by atoms with E-state index in [1.54, 1.807) is 25.1 Å². The molecule has 1 aliphatic rings. The van der Waals surface area contributed by atoms with E-state index in [-0.39, 0.29) is 24.9 Å². The van der Waals surface area contributed by atoms with E-state index in [4.69, 9.17) is 9.84 Å². The standard InChI is InChI=1S/C15H18FNO4/c1-10(8-11-4-2-3-5-12(11)16)14(18)17-6-7-21-13(9-17)15(19)20/h2-5,10,13H,6-9H2,1H3,(H,19,20). The lowest BCUT2D eigenvalue weighted by Gasteiger charge is -2.32. The number of morpholine rings is 1. The smallest absolute Gasteiger partial charge is 0.334 e. The van der Waals surface area contributed by atoms with E-state index in [1.165, 1.54) is 11.0 Å². The average Bonchev–Trinajstić information content (AvgIpc) is 2.49. The summed E-state index contributed by atoms with van der Waals surface area (Å²) in [4.78, 5) is 24.7. The molecular weight excluding hydrogens is 277 g/mol. The molecule has 1 heterocycles. The maximum Gasteiger partial charge on any atom is 0.334 e. The van der Waals surface area contributed by atoms with Crippen LogP contribution in [0.4, 0.5) is 4.39 Å². The summed E-state index contributed by atoms with van der Waals surface area (Å²) in [5, 5.41) is 8.94. The highest BCUT2D eigenvalue weighted by atomic mass is 19.1. The molecule has 5 nitrogen and oxygen atoms in total. The third-order valence-corrected chi connectivity index (χ3v) is 3.56. The molecule has 0 saturated carbocycles. The van der Waals surface area contributed by atoms with Gasteiger partial charge in [-0.2, -0.15) is 0 Å². The second-order valence-electron chi connectivity index (χ2n) is 5.18. The van der Waals surface area contributed by atoms with Crippen LogP contribution in [-0.4, -0.2) is 47.7 Å². The number of carbonyl (C=O) groups is 2. The molecule has 0 aliphatic carbocycles. The second-order valence-corrected chi connectivity index (χ2v) is 5.18. The number of amides is 1. The van der Waals surface area contributed by atoms with Crippen LogP contribution in [0.3, 0.4) is 0 Å². The molecule has 114 valence electrons. The van der Waals surface area contributed by atoms with Crippen molar-refractivity contribution >= 4 is 11.9 Å². The van der Waals surface area contributed by atoms with Gasteiger partial charge in [-0.15, -0.1) is 0 Å². The van der Waals surface area contributed by atoms with Gasteiger partial charge >= 0.3 is 5.97 Å². The van der Waals surface area contributed by atoms with Gasteiger partial charge < -0.3 is 14.7 Å². The van der Waals surface area contributed by atoms with Gasteiger partial charge in [0.25, 0.3) is 0 Å². The number of aliphatic carboxylic acids is 1. The first-order valence-electron chi connectivity index (χ1n) is 6.85. The van der Waals surface area contributed by atoms with Gasteiger partial charge in [-0.1, -0.05) is 25.1 Å². The summed E-state index contributed by atoms with van der Waals surface area (Å²) >= 11 is 0. The van der Waals surface area contributed by atoms with E-state index in [1.807, 2.05) is 0 Å². The number of hydrogen-bond acceptors (Lipinski definition) is 3. The molecule has 21 heavy (non-hydrogen) atoms. The van der Waals surface area contributed by atoms with Crippen molar-refractivity contribution in [2.45, 2.75) is 19.4 Å². The summed E-state index contributed by atoms with van der Waals surface area (Å²) in [6.07, 6.45) is -0.691. The average molecular weight is 295 g/mol. The van der Waals surface area contributed by atoms with Crippen molar-refractivity contribution in [3.8, 4) is 0 Å². The number of nitrogens with zero attached hydrogens (tertiary/aromatic N) is 1. The SMILES string of the molecule is CC(Cc1ccccc1F)C(=O)N1CCOC(C(=O)O)C1. The molecule has 2 atom stereocenters. The first-order chi connectivity index (χ1) is 9.99. The molecule has 1 N–H and O–H groups in total. The normalized spacial score (nSPS) is 20.1. The van der Waals surface area contributed by atoms with E-state index in [9.17, 15) is 14.0 Å². The van der Waals surface area contributed by atoms with Crippen LogP contribution in [-0.2, 0) is 20.7 Å². The molecule has 1 aliphatic heterocycles. The lowest BCUT2D eigenvalue weighted by molar-refractivity contribution is -0.160. The van der Waals surface area contributed by atoms with Gasteiger partial charge in [0, 0.05) is 12.5 Å². The number of ether oxygens (including phenoxy) is 1. The Morgan fingerprint density at radius 2 is 2.19 bits per heavy atom. The predicted octanol–water partition coefficient (Wildman–Crippen LogP) is 1.32. The summed E-state index contributed by atoms with van der Waals surface area (Å²) < 4.78 is 18.7. The van der Waals surface area contributed by atoms with Crippen molar-refractivity contribution in [2.24, 2.45) is 5.92 Å². The topological polar surface area (TPSA) is 66.8 Å². The van der Waals surface area contributed by atoms with Crippen LogP contribution in [0.2, 0.25) is 0 Å². The highest BCUT2D eigenvalue weighted by Gasteiger charge is 2.31. The number of hydrogen-bond donors (Lipinski definition) is 1. The lowest BCUT2D eigenvalue weighted by atomic mass is 9.99. The highest BCUT2D eigenvalue weighted by Crippen LogP contribution is 2.16. The van der Waals surface area contributed by atoms with Crippen molar-refractivity contribution in [2.75, 3.05) is 19.7 Å². The Kier molecular flexibility index (Phi) is 4.90. The van der Waals surface area contributed by atoms with Gasteiger partial charge in [0.15, 0.2) is 6.10 Å². The molecule has 1 amide bonds. The Hall–Kier alpha value is -1.95. The van der Waals surface area contributed by atoms with Crippen LogP contribution in [0, 0.1) is 11.7 Å². The Bertz CT molecular complexity index is 534. The minimum absolute atomic E-state index is 0.0375. The molecular formula is C15H18FNO4. The Morgan fingerprint density at radius 1 is 1.48 bits per heavy atom. The fourth-order valence-electron chi connectivity index (χ4n) is 2.39. The zero-order chi connectivity index (χ0) is 15.4. The molecule has 0 spiro atoms. The van der Waals surface area contributed by atoms with Crippen molar-refractivity contribution in [3.05, 3.63) is 35.6 Å². The summed E-state index contributed by atoms with van der Waals surface area (Å²) in [5.74, 6) is -1.99. The zero-order valence-corrected chi connectivity index (χ0v) is 11.8. The summed E-state index contributed by atoms with van der Waals surface area (Å²) in [6, 6.07) is 6.34.